The van der Waals surface area contributed by atoms with Crippen LogP contribution in [0, 0.1) is 12.3 Å². The van der Waals surface area contributed by atoms with Gasteiger partial charge in [-0.15, -0.1) is 12.3 Å². The monoisotopic (exact) mass is 233 g/mol. The predicted molar refractivity (Wildman–Crippen MR) is 68.7 cm³/mol. The minimum atomic E-state index is 0.561. The van der Waals surface area contributed by atoms with Crippen LogP contribution in [-0.4, -0.2) is 12.6 Å². The standard InChI is InChI=1S/C14H16ClN/c1-2-3-4-7-16-14-9-11-5-6-13(15)8-12(11)10-14/h1,5-6,8,14,16H,3-4,7,9-10H2. The molecule has 0 spiro atoms. The van der Waals surface area contributed by atoms with Crippen molar-refractivity contribution in [3.63, 3.8) is 0 Å². The number of unbranched alkanes of at least 4 members (excludes halogenated alkanes) is 1. The van der Waals surface area contributed by atoms with Crippen molar-refractivity contribution < 1.29 is 0 Å². The van der Waals surface area contributed by atoms with Crippen LogP contribution in [-0.2, 0) is 12.8 Å². The molecule has 0 bridgehead atoms. The van der Waals surface area contributed by atoms with Crippen molar-refractivity contribution in [1.29, 1.82) is 0 Å². The molecule has 1 aromatic rings. The van der Waals surface area contributed by atoms with Gasteiger partial charge >= 0.3 is 0 Å². The van der Waals surface area contributed by atoms with E-state index >= 15 is 0 Å². The molecule has 1 unspecified atom stereocenters. The van der Waals surface area contributed by atoms with E-state index in [1.807, 2.05) is 6.07 Å². The molecule has 1 aliphatic carbocycles. The molecule has 0 saturated heterocycles. The summed E-state index contributed by atoms with van der Waals surface area (Å²) in [6.45, 7) is 1.01. The van der Waals surface area contributed by atoms with Crippen molar-refractivity contribution >= 4 is 11.6 Å². The highest BCUT2D eigenvalue weighted by molar-refractivity contribution is 6.30. The zero-order chi connectivity index (χ0) is 11.4. The summed E-state index contributed by atoms with van der Waals surface area (Å²) in [6.07, 6.45) is 9.34. The molecule has 1 N–H and O–H groups in total. The Labute approximate surface area is 102 Å². The first-order valence-electron chi connectivity index (χ1n) is 5.74. The molecule has 84 valence electrons. The number of halogens is 1. The van der Waals surface area contributed by atoms with Gasteiger partial charge in [-0.05, 0) is 49.1 Å². The van der Waals surface area contributed by atoms with Gasteiger partial charge in [-0.1, -0.05) is 17.7 Å². The number of hydrogen-bond donors (Lipinski definition) is 1. The molecular weight excluding hydrogens is 218 g/mol. The average Bonchev–Trinajstić information content (AvgIpc) is 2.66. The topological polar surface area (TPSA) is 12.0 Å². The van der Waals surface area contributed by atoms with Crippen LogP contribution in [0.15, 0.2) is 18.2 Å². The van der Waals surface area contributed by atoms with Crippen molar-refractivity contribution in [2.24, 2.45) is 0 Å². The van der Waals surface area contributed by atoms with Crippen molar-refractivity contribution in [2.75, 3.05) is 6.54 Å². The molecule has 1 aliphatic rings. The molecule has 2 rings (SSSR count). The van der Waals surface area contributed by atoms with E-state index < -0.39 is 0 Å². The fourth-order valence-corrected chi connectivity index (χ4v) is 2.42. The van der Waals surface area contributed by atoms with Gasteiger partial charge in [0.1, 0.15) is 0 Å². The van der Waals surface area contributed by atoms with E-state index in [-0.39, 0.29) is 0 Å². The Bertz CT molecular complexity index is 406. The smallest absolute Gasteiger partial charge is 0.0408 e. The summed E-state index contributed by atoms with van der Waals surface area (Å²) in [5, 5.41) is 4.38. The minimum absolute atomic E-state index is 0.561. The van der Waals surface area contributed by atoms with E-state index in [0.717, 1.165) is 37.3 Å². The predicted octanol–water partition coefficient (Wildman–Crippen LogP) is 2.81. The van der Waals surface area contributed by atoms with E-state index in [4.69, 9.17) is 18.0 Å². The highest BCUT2D eigenvalue weighted by atomic mass is 35.5. The number of benzene rings is 1. The van der Waals surface area contributed by atoms with Gasteiger partial charge in [0.2, 0.25) is 0 Å². The maximum Gasteiger partial charge on any atom is 0.0408 e. The second kappa shape index (κ2) is 5.39. The summed E-state index contributed by atoms with van der Waals surface area (Å²) in [6, 6.07) is 6.76. The van der Waals surface area contributed by atoms with E-state index in [9.17, 15) is 0 Å². The molecule has 2 heteroatoms. The molecule has 16 heavy (non-hydrogen) atoms. The summed E-state index contributed by atoms with van der Waals surface area (Å²) < 4.78 is 0. The number of terminal acetylenes is 1. The maximum absolute atomic E-state index is 5.97. The van der Waals surface area contributed by atoms with Gasteiger partial charge < -0.3 is 5.32 Å². The van der Waals surface area contributed by atoms with Gasteiger partial charge in [0, 0.05) is 17.5 Å². The van der Waals surface area contributed by atoms with E-state index in [1.54, 1.807) is 0 Å². The first kappa shape index (κ1) is 11.5. The maximum atomic E-state index is 5.97. The SMILES string of the molecule is C#CCCCNC1Cc2ccc(Cl)cc2C1. The van der Waals surface area contributed by atoms with Crippen LogP contribution < -0.4 is 5.32 Å². The minimum Gasteiger partial charge on any atom is -0.313 e. The van der Waals surface area contributed by atoms with Gasteiger partial charge in [0.05, 0.1) is 0 Å². The van der Waals surface area contributed by atoms with Crippen LogP contribution in [0.4, 0.5) is 0 Å². The van der Waals surface area contributed by atoms with Gasteiger partial charge in [-0.2, -0.15) is 0 Å². The summed E-state index contributed by atoms with van der Waals surface area (Å²) in [4.78, 5) is 0. The molecule has 0 aromatic heterocycles. The van der Waals surface area contributed by atoms with Crippen LogP contribution in [0.3, 0.4) is 0 Å². The lowest BCUT2D eigenvalue weighted by molar-refractivity contribution is 0.526. The Morgan fingerprint density at radius 2 is 2.19 bits per heavy atom. The van der Waals surface area contributed by atoms with Gasteiger partial charge in [-0.25, -0.2) is 0 Å². The second-order valence-corrected chi connectivity index (χ2v) is 4.72. The Morgan fingerprint density at radius 3 is 3.00 bits per heavy atom. The third-order valence-electron chi connectivity index (χ3n) is 3.03. The zero-order valence-corrected chi connectivity index (χ0v) is 10.1. The molecule has 0 saturated carbocycles. The number of hydrogen-bond acceptors (Lipinski definition) is 1. The van der Waals surface area contributed by atoms with Crippen molar-refractivity contribution in [2.45, 2.75) is 31.7 Å². The van der Waals surface area contributed by atoms with Crippen molar-refractivity contribution in [3.05, 3.63) is 34.3 Å². The Balaban J connectivity index is 1.84. The first-order valence-corrected chi connectivity index (χ1v) is 6.11. The fourth-order valence-electron chi connectivity index (χ4n) is 2.23. The second-order valence-electron chi connectivity index (χ2n) is 4.28. The van der Waals surface area contributed by atoms with Gasteiger partial charge in [-0.3, -0.25) is 0 Å². The molecule has 0 fully saturated rings. The lowest BCUT2D eigenvalue weighted by Crippen LogP contribution is -2.30. The normalized spacial score (nSPS) is 18.1. The number of nitrogens with one attached hydrogen (secondary N) is 1. The summed E-state index contributed by atoms with van der Waals surface area (Å²) in [5.74, 6) is 2.66. The lowest BCUT2D eigenvalue weighted by atomic mass is 10.1. The summed E-state index contributed by atoms with van der Waals surface area (Å²) in [5.41, 5.74) is 2.82. The van der Waals surface area contributed by atoms with Gasteiger partial charge in [0.25, 0.3) is 0 Å². The molecule has 0 radical (unpaired) electrons. The molecule has 1 nitrogen and oxygen atoms in total. The van der Waals surface area contributed by atoms with E-state index in [1.165, 1.54) is 11.1 Å². The molecule has 1 aromatic carbocycles. The summed E-state index contributed by atoms with van der Waals surface area (Å²) in [7, 11) is 0. The van der Waals surface area contributed by atoms with Crippen molar-refractivity contribution in [3.8, 4) is 12.3 Å². The average molecular weight is 234 g/mol. The highest BCUT2D eigenvalue weighted by Crippen LogP contribution is 2.25. The molecule has 0 aliphatic heterocycles. The Hall–Kier alpha value is -0.970. The third-order valence-corrected chi connectivity index (χ3v) is 3.27. The van der Waals surface area contributed by atoms with Crippen LogP contribution >= 0.6 is 11.6 Å². The van der Waals surface area contributed by atoms with Crippen LogP contribution in [0.5, 0.6) is 0 Å². The lowest BCUT2D eigenvalue weighted by Gasteiger charge is -2.10. The fraction of sp³-hybridized carbons (Fsp3) is 0.429. The zero-order valence-electron chi connectivity index (χ0n) is 9.30. The molecule has 0 heterocycles. The Kier molecular flexibility index (Phi) is 3.88. The van der Waals surface area contributed by atoms with Gasteiger partial charge in [0.15, 0.2) is 0 Å². The van der Waals surface area contributed by atoms with Crippen LogP contribution in [0.2, 0.25) is 5.02 Å². The molecular formula is C14H16ClN. The largest absolute Gasteiger partial charge is 0.313 e. The summed E-state index contributed by atoms with van der Waals surface area (Å²) >= 11 is 5.97. The van der Waals surface area contributed by atoms with E-state index in [2.05, 4.69) is 23.4 Å². The van der Waals surface area contributed by atoms with E-state index in [0.29, 0.717) is 6.04 Å². The quantitative estimate of drug-likeness (QED) is 0.623. The van der Waals surface area contributed by atoms with Crippen LogP contribution in [0.25, 0.3) is 0 Å². The van der Waals surface area contributed by atoms with Crippen molar-refractivity contribution in [1.82, 2.24) is 5.32 Å². The number of rotatable bonds is 4. The molecule has 1 atom stereocenters. The molecule has 0 amide bonds. The highest BCUT2D eigenvalue weighted by Gasteiger charge is 2.20. The first-order chi connectivity index (χ1) is 7.79. The number of fused-ring (bicyclic) bond motifs is 1. The third kappa shape index (κ3) is 2.78. The van der Waals surface area contributed by atoms with Crippen LogP contribution in [0.1, 0.15) is 24.0 Å². The Morgan fingerprint density at radius 1 is 1.38 bits per heavy atom.